The predicted molar refractivity (Wildman–Crippen MR) is 511 cm³/mol. The van der Waals surface area contributed by atoms with Crippen molar-refractivity contribution in [2.75, 3.05) is 107 Å². The van der Waals surface area contributed by atoms with Crippen LogP contribution in [0.5, 0.6) is 11.5 Å². The highest BCUT2D eigenvalue weighted by atomic mass is 19.3. The Bertz CT molecular complexity index is 6750. The number of carbonyl (C=O) groups excluding carboxylic acids is 2. The minimum absolute atomic E-state index is 0.00579. The van der Waals surface area contributed by atoms with Gasteiger partial charge in [-0.3, -0.25) is 9.59 Å². The molecule has 5 aliphatic rings. The molecule has 41 heteroatoms. The number of anilines is 5. The second-order valence-corrected chi connectivity index (χ2v) is 35.2. The zero-order valence-corrected chi connectivity index (χ0v) is 79.5. The molecular formula is C99H114F7N27O7. The third-order valence-corrected chi connectivity index (χ3v) is 25.3. The molecule has 0 atom stereocenters. The van der Waals surface area contributed by atoms with E-state index < -0.39 is 19.3 Å². The van der Waals surface area contributed by atoms with E-state index in [1.807, 2.05) is 97.5 Å². The number of hydrogen-bond acceptors (Lipinski definition) is 27. The van der Waals surface area contributed by atoms with Crippen LogP contribution >= 0.6 is 0 Å². The Morgan fingerprint density at radius 3 is 0.964 bits per heavy atom. The number of benzene rings is 5. The van der Waals surface area contributed by atoms with E-state index in [-0.39, 0.29) is 46.0 Å². The Hall–Kier alpha value is -14.2. The number of piperidine rings is 2. The van der Waals surface area contributed by atoms with E-state index >= 15 is 0 Å². The molecule has 10 aromatic heterocycles. The van der Waals surface area contributed by atoms with Gasteiger partial charge < -0.3 is 60.1 Å². The van der Waals surface area contributed by atoms with Crippen LogP contribution in [-0.2, 0) is 56.5 Å². The summed E-state index contributed by atoms with van der Waals surface area (Å²) in [6.07, 6.45) is 1.69. The third-order valence-electron chi connectivity index (χ3n) is 25.3. The molecule has 0 spiro atoms. The third kappa shape index (κ3) is 25.1. The first-order valence-electron chi connectivity index (χ1n) is 47.0. The highest BCUT2D eigenvalue weighted by molar-refractivity contribution is 5.74. The van der Waals surface area contributed by atoms with Crippen molar-refractivity contribution in [1.29, 1.82) is 0 Å². The monoisotopic (exact) mass is 1930 g/mol. The molecule has 34 nitrogen and oxygen atoms in total. The molecule has 140 heavy (non-hydrogen) atoms. The Balaban J connectivity index is 0.000000126. The average Bonchev–Trinajstić information content (AvgIpc) is 1.65. The van der Waals surface area contributed by atoms with Crippen LogP contribution in [0.4, 0.5) is 60.5 Å². The van der Waals surface area contributed by atoms with Crippen LogP contribution in [0.15, 0.2) is 146 Å². The molecule has 0 bridgehead atoms. The average molecular weight is 1930 g/mol. The van der Waals surface area contributed by atoms with Gasteiger partial charge in [-0.15, -0.1) is 25.5 Å². The summed E-state index contributed by atoms with van der Waals surface area (Å²) in [5.74, 6) is 7.71. The molecule has 0 saturated carbocycles. The Morgan fingerprint density at radius 2 is 0.657 bits per heavy atom. The maximum Gasteiger partial charge on any atom is 0.267 e. The van der Waals surface area contributed by atoms with Crippen molar-refractivity contribution in [3.63, 3.8) is 0 Å². The Morgan fingerprint density at radius 1 is 0.350 bits per heavy atom. The quantitative estimate of drug-likeness (QED) is 0.0332. The fourth-order valence-electron chi connectivity index (χ4n) is 17.9. The Kier molecular flexibility index (Phi) is 32.5. The van der Waals surface area contributed by atoms with Crippen LogP contribution in [0.1, 0.15) is 228 Å². The molecule has 0 unspecified atom stereocenters. The molecule has 15 heterocycles. The summed E-state index contributed by atoms with van der Waals surface area (Å²) in [6, 6.07) is 42.2. The summed E-state index contributed by atoms with van der Waals surface area (Å²) in [4.78, 5) is 71.8. The molecule has 15 aromatic rings. The van der Waals surface area contributed by atoms with Crippen LogP contribution in [-0.4, -0.2) is 200 Å². The minimum Gasteiger partial charge on any atom is -0.497 e. The highest BCUT2D eigenvalue weighted by Gasteiger charge is 2.31. The van der Waals surface area contributed by atoms with Gasteiger partial charge in [0.1, 0.15) is 17.3 Å². The van der Waals surface area contributed by atoms with Gasteiger partial charge >= 0.3 is 0 Å². The van der Waals surface area contributed by atoms with Crippen molar-refractivity contribution in [2.45, 2.75) is 194 Å². The lowest BCUT2D eigenvalue weighted by molar-refractivity contribution is -0.130. The van der Waals surface area contributed by atoms with Gasteiger partial charge in [0, 0.05) is 187 Å². The van der Waals surface area contributed by atoms with Crippen molar-refractivity contribution in [1.82, 2.24) is 108 Å². The topological polar surface area (TPSA) is 362 Å². The maximum atomic E-state index is 13.7. The lowest BCUT2D eigenvalue weighted by atomic mass is 9.93. The number of ether oxygens (including phenoxy) is 5. The summed E-state index contributed by atoms with van der Waals surface area (Å²) >= 11 is 0. The van der Waals surface area contributed by atoms with Crippen LogP contribution in [0.3, 0.4) is 0 Å². The zero-order valence-electron chi connectivity index (χ0n) is 79.5. The lowest BCUT2D eigenvalue weighted by Crippen LogP contribution is -2.36. The molecule has 5 saturated heterocycles. The van der Waals surface area contributed by atoms with E-state index in [4.69, 9.17) is 23.7 Å². The molecule has 0 radical (unpaired) electrons. The first-order chi connectivity index (χ1) is 67.8. The number of likely N-dealkylation sites (tertiary alicyclic amines) is 2. The number of carbonyl (C=O) groups is 2. The summed E-state index contributed by atoms with van der Waals surface area (Å²) in [5.41, 5.74) is 13.6. The van der Waals surface area contributed by atoms with E-state index in [1.54, 1.807) is 87.5 Å². The second-order valence-electron chi connectivity index (χ2n) is 35.2. The minimum atomic E-state index is -2.60. The molecule has 20 rings (SSSR count). The largest absolute Gasteiger partial charge is 0.497 e. The van der Waals surface area contributed by atoms with Gasteiger partial charge in [-0.05, 0) is 194 Å². The summed E-state index contributed by atoms with van der Waals surface area (Å²) < 4.78 is 127. The molecular weight excluding hydrogens is 1810 g/mol. The van der Waals surface area contributed by atoms with Gasteiger partial charge in [-0.1, -0.05) is 72.8 Å². The van der Waals surface area contributed by atoms with E-state index in [2.05, 4.69) is 114 Å². The van der Waals surface area contributed by atoms with Crippen molar-refractivity contribution >= 4 is 70.4 Å². The standard InChI is InChI=1S/C21H24F2N6O.C21H26N6O2.C20H23F2N5O2.C19H21F2N5O.C18H20FN5O/c1-13-10-18(16-6-8-28(9-7-16)14(2)30)29-21(25-13)26-20(27-29)24-12-15-4-3-5-17(11-15)19(22)23;1-14-12-19(17-8-10-26(11-9-17)15(2)28)27-21(23-14)24-20(25-27)22-13-16-4-6-18(29-3)7-5-16;1-12-9-16(14-5-7-29-8-6-14)27-20(24-12)25-19(26-27)23-11-13-3-4-17(28-2)15(10-13)18(21)22;1-12-9-16(14-5-7-27-8-6-14)26-19(23-12)24-18(25-26)22-11-13-3-2-4-15(10-13)17(20)21;1-12-10-16(13-6-8-25-9-7-13)24-18(21-12)22-17(23-24)20-11-14-4-2-3-5-15(14)19/h3-5,10-11,16,19H,6-9,12H2,1-2H3,(H,24,27);4-7,12,17H,8-11,13H2,1-3H3,(H,22,25);3-4,9-10,14,18H,5-8,11H2,1-2H3,(H,23,26);2-4,9-10,14,17H,5-8,11H2,1H3,(H,22,25);2-5,10,13H,6-9,11H2,1H3,(H,20,23). The molecule has 2 amide bonds. The number of aromatic nitrogens is 20. The highest BCUT2D eigenvalue weighted by Crippen LogP contribution is 2.37. The van der Waals surface area contributed by atoms with Crippen LogP contribution in [0, 0.1) is 40.4 Å². The first-order valence-corrected chi connectivity index (χ1v) is 47.0. The molecule has 736 valence electrons. The normalized spacial score (nSPS) is 15.3. The van der Waals surface area contributed by atoms with Gasteiger partial charge in [0.25, 0.3) is 48.2 Å². The predicted octanol–water partition coefficient (Wildman–Crippen LogP) is 17.3. The molecule has 5 N–H and O–H groups in total. The van der Waals surface area contributed by atoms with Gasteiger partial charge in [-0.25, -0.2) is 55.7 Å². The number of aryl methyl sites for hydroxylation is 5. The summed E-state index contributed by atoms with van der Waals surface area (Å²) in [7, 11) is 3.04. The van der Waals surface area contributed by atoms with E-state index in [1.165, 1.54) is 43.5 Å². The number of hydrogen-bond donors (Lipinski definition) is 5. The molecule has 0 aliphatic carbocycles. The second kappa shape index (κ2) is 46.0. The van der Waals surface area contributed by atoms with Crippen LogP contribution in [0.25, 0.3) is 28.9 Å². The summed E-state index contributed by atoms with van der Waals surface area (Å²) in [6.45, 7) is 22.4. The number of fused-ring (bicyclic) bond motifs is 5. The number of rotatable bonds is 25. The molecule has 5 fully saturated rings. The number of methoxy groups -OCH3 is 2. The van der Waals surface area contributed by atoms with Crippen molar-refractivity contribution < 1.29 is 64.0 Å². The fourth-order valence-corrected chi connectivity index (χ4v) is 17.9. The van der Waals surface area contributed by atoms with E-state index in [0.717, 1.165) is 209 Å². The number of nitrogens with one attached hydrogen (secondary N) is 5. The zero-order chi connectivity index (χ0) is 98.0. The van der Waals surface area contributed by atoms with Crippen LogP contribution < -0.4 is 36.1 Å². The SMILES string of the molecule is CC(=O)N1CCC(c2cc(C)nc3nc(NCc4cccc(C(F)F)c4)nn23)CC1.COc1ccc(CNc2nc3nc(C)cc(C4CCN(C(C)=O)CC4)n3n2)cc1.COc1ccc(CNc2nc3nc(C)cc(C4CCOCC4)n3n2)cc1C(F)F.Cc1cc(C2CCOCC2)n2nc(NCc3cccc(C(F)F)c3)nc2n1.Cc1cc(C2CCOCC2)n2nc(NCc3ccccc3F)nc2n1. The maximum absolute atomic E-state index is 13.7. The number of nitrogens with zero attached hydrogens (tertiary/aromatic N) is 22. The van der Waals surface area contributed by atoms with Gasteiger partial charge in [-0.2, -0.15) is 47.5 Å². The van der Waals surface area contributed by atoms with Crippen LogP contribution in [0.2, 0.25) is 0 Å². The number of amides is 2. The fraction of sp³-hybridized carbons (Fsp3) is 0.424. The van der Waals surface area contributed by atoms with Gasteiger partial charge in [0.05, 0.1) is 48.3 Å². The number of halogens is 7. The molecule has 5 aliphatic heterocycles. The van der Waals surface area contributed by atoms with E-state index in [9.17, 15) is 40.3 Å². The van der Waals surface area contributed by atoms with Crippen molar-refractivity contribution in [3.05, 3.63) is 253 Å². The van der Waals surface area contributed by atoms with E-state index in [0.29, 0.717) is 126 Å². The smallest absolute Gasteiger partial charge is 0.267 e. The Labute approximate surface area is 803 Å². The lowest BCUT2D eigenvalue weighted by Gasteiger charge is -2.31. The first kappa shape index (κ1) is 98.8. The van der Waals surface area contributed by atoms with Crippen molar-refractivity contribution in [2.24, 2.45) is 0 Å². The summed E-state index contributed by atoms with van der Waals surface area (Å²) in [5, 5.41) is 38.6. The van der Waals surface area contributed by atoms with Crippen molar-refractivity contribution in [3.8, 4) is 11.5 Å². The number of alkyl halides is 6. The molecule has 5 aromatic carbocycles. The van der Waals surface area contributed by atoms with Gasteiger partial charge in [0.2, 0.25) is 41.6 Å². The van der Waals surface area contributed by atoms with Gasteiger partial charge in [0.15, 0.2) is 0 Å².